The molecule has 1 aromatic heterocycles. The van der Waals surface area contributed by atoms with Gasteiger partial charge in [-0.15, -0.1) is 5.69 Å². The minimum atomic E-state index is -0.278. The maximum Gasteiger partial charge on any atom is 0.0989 e. The molecule has 1 atom stereocenters. The minimum Gasteiger partial charge on any atom is -0.671 e. The topological polar surface area (TPSA) is 74.2 Å². The molecule has 6 nitrogen and oxygen atoms in total. The smallest absolute Gasteiger partial charge is 0.0989 e. The molecule has 52 heavy (non-hydrogen) atoms. The van der Waals surface area contributed by atoms with Crippen LogP contribution in [0.25, 0.3) is 54.6 Å². The largest absolute Gasteiger partial charge is 0.671 e. The summed E-state index contributed by atoms with van der Waals surface area (Å²) in [5.74, 6) is 1.63. The van der Waals surface area contributed by atoms with Gasteiger partial charge in [0.1, 0.15) is 0 Å². The van der Waals surface area contributed by atoms with Gasteiger partial charge in [-0.1, -0.05) is 166 Å². The van der Waals surface area contributed by atoms with Gasteiger partial charge in [0.2, 0.25) is 0 Å². The third-order valence-corrected chi connectivity index (χ3v) is 8.18. The van der Waals surface area contributed by atoms with E-state index in [1.807, 2.05) is 0 Å². The average molecular weight is 859 g/mol. The van der Waals surface area contributed by atoms with E-state index in [1.165, 1.54) is 21.9 Å². The maximum atomic E-state index is 5.62. The van der Waals surface area contributed by atoms with Crippen molar-refractivity contribution in [2.24, 2.45) is 7.05 Å². The Morgan fingerprint density at radius 2 is 1.02 bits per heavy atom. The summed E-state index contributed by atoms with van der Waals surface area (Å²) in [6.45, 7) is 9.01. The van der Waals surface area contributed by atoms with E-state index in [9.17, 15) is 0 Å². The molecule has 0 saturated carbocycles. The van der Waals surface area contributed by atoms with Crippen LogP contribution in [-0.4, -0.2) is 51.8 Å². The number of hydrogen-bond donors (Lipinski definition) is 0. The predicted molar refractivity (Wildman–Crippen MR) is 223 cm³/mol. The van der Waals surface area contributed by atoms with E-state index < -0.39 is 0 Å². The van der Waals surface area contributed by atoms with Gasteiger partial charge in [0.15, 0.2) is 0 Å². The number of aromatic nitrogens is 2. The molecule has 0 amide bonds. The summed E-state index contributed by atoms with van der Waals surface area (Å²) in [5, 5.41) is 18.5. The van der Waals surface area contributed by atoms with Crippen molar-refractivity contribution < 1.29 is 25.8 Å². The Kier molecular flexibility index (Phi) is 19.5. The van der Waals surface area contributed by atoms with Crippen molar-refractivity contribution in [2.75, 3.05) is 42.3 Å². The fourth-order valence-corrected chi connectivity index (χ4v) is 6.01. The molecule has 0 saturated heterocycles. The van der Waals surface area contributed by atoms with Crippen LogP contribution in [0.3, 0.4) is 0 Å². The van der Waals surface area contributed by atoms with E-state index >= 15 is 0 Å². The summed E-state index contributed by atoms with van der Waals surface area (Å²) in [6, 6.07) is 42.7. The zero-order valence-corrected chi connectivity index (χ0v) is 36.6. The summed E-state index contributed by atoms with van der Waals surface area (Å²) in [4.78, 5) is 5.50. The van der Waals surface area contributed by atoms with E-state index in [-0.39, 0.29) is 31.9 Å². The third kappa shape index (κ3) is 11.3. The molecule has 0 spiro atoms. The van der Waals surface area contributed by atoms with Gasteiger partial charge in [-0.3, -0.25) is 0 Å². The summed E-state index contributed by atoms with van der Waals surface area (Å²) in [5.41, 5.74) is 9.11. The molecule has 7 heteroatoms. The zero-order valence-electron chi connectivity index (χ0n) is 33.0. The number of para-hydroxylation sites is 1. The Hall–Kier alpha value is -3.88. The summed E-state index contributed by atoms with van der Waals surface area (Å²) in [7, 11) is 12.6. The zero-order chi connectivity index (χ0) is 37.3. The van der Waals surface area contributed by atoms with Crippen molar-refractivity contribution in [3.8, 4) is 22.5 Å². The number of imidazole rings is 1. The molecule has 1 unspecified atom stereocenters. The number of rotatable bonds is 8. The quantitative estimate of drug-likeness (QED) is 0.141. The van der Waals surface area contributed by atoms with Crippen molar-refractivity contribution >= 4 is 16.5 Å². The van der Waals surface area contributed by atoms with E-state index in [4.69, 9.17) is 10.3 Å². The molecular weight excluding hydrogens is 803 g/mol. The van der Waals surface area contributed by atoms with Crippen molar-refractivity contribution in [3.63, 3.8) is 0 Å². The predicted octanol–water partition coefficient (Wildman–Crippen LogP) is 12.8. The normalized spacial score (nSPS) is 10.9. The molecule has 0 bridgehead atoms. The molecule has 6 rings (SSSR count). The Bertz CT molecular complexity index is 1850. The molecule has 1 heterocycles. The molecule has 0 aliphatic carbocycles. The second-order valence-corrected chi connectivity index (χ2v) is 13.0. The van der Waals surface area contributed by atoms with E-state index in [2.05, 4.69) is 177 Å². The second-order valence-electron chi connectivity index (χ2n) is 13.0. The first-order valence-electron chi connectivity index (χ1n) is 17.6. The molecule has 0 aliphatic heterocycles. The van der Waals surface area contributed by atoms with Crippen molar-refractivity contribution in [3.05, 3.63) is 165 Å². The molecule has 0 N–H and O–H groups in total. The van der Waals surface area contributed by atoms with Gasteiger partial charge in [0.05, 0.1) is 17.2 Å². The Morgan fingerprint density at radius 1 is 0.558 bits per heavy atom. The number of nitrogens with zero attached hydrogens (tertiary/aromatic N) is 6. The first-order chi connectivity index (χ1) is 24.7. The fraction of sp³-hybridized carbons (Fsp3) is 0.311. The van der Waals surface area contributed by atoms with Gasteiger partial charge in [0.25, 0.3) is 0 Å². The van der Waals surface area contributed by atoms with Crippen LogP contribution in [0.15, 0.2) is 121 Å². The van der Waals surface area contributed by atoms with Gasteiger partial charge in [-0.2, -0.15) is 42.3 Å². The Balaban J connectivity index is 0.000000852. The van der Waals surface area contributed by atoms with E-state index in [0.717, 1.165) is 39.6 Å². The Labute approximate surface area is 332 Å². The molecule has 0 fully saturated rings. The number of fused-ring (bicyclic) bond motifs is 1. The summed E-state index contributed by atoms with van der Waals surface area (Å²) in [6.07, 6.45) is 0. The fourth-order valence-electron chi connectivity index (χ4n) is 6.01. The van der Waals surface area contributed by atoms with Crippen LogP contribution in [0.1, 0.15) is 68.1 Å². The average Bonchev–Trinajstić information content (AvgIpc) is 3.47. The third-order valence-electron chi connectivity index (χ3n) is 8.18. The van der Waals surface area contributed by atoms with Gasteiger partial charge in [-0.05, 0) is 28.7 Å². The monoisotopic (exact) mass is 860 g/mol. The first kappa shape index (κ1) is 44.3. The van der Waals surface area contributed by atoms with Crippen LogP contribution in [0.4, 0.5) is 5.69 Å². The van der Waals surface area contributed by atoms with Crippen LogP contribution in [0.5, 0.6) is 0 Å². The van der Waals surface area contributed by atoms with Gasteiger partial charge >= 0.3 is 0 Å². The molecule has 6 aromatic rings. The van der Waals surface area contributed by atoms with Crippen LogP contribution < -0.4 is 0 Å². The number of benzene rings is 5. The van der Waals surface area contributed by atoms with Crippen LogP contribution in [0.2, 0.25) is 0 Å². The second kappa shape index (κ2) is 22.9. The van der Waals surface area contributed by atoms with Gasteiger partial charge < -0.3 is 25.8 Å². The van der Waals surface area contributed by atoms with E-state index in [1.54, 1.807) is 42.3 Å². The maximum absolute atomic E-state index is 5.62. The molecule has 274 valence electrons. The van der Waals surface area contributed by atoms with Gasteiger partial charge in [-0.25, -0.2) is 4.98 Å². The molecule has 0 radical (unpaired) electrons. The van der Waals surface area contributed by atoms with Crippen LogP contribution in [0, 0.1) is 0 Å². The van der Waals surface area contributed by atoms with Crippen molar-refractivity contribution in [2.45, 2.75) is 45.6 Å². The van der Waals surface area contributed by atoms with Crippen molar-refractivity contribution in [1.82, 2.24) is 9.55 Å². The van der Waals surface area contributed by atoms with Crippen LogP contribution in [-0.2, 0) is 32.9 Å². The SMILES string of the molecule is CC(C)c1cccc(C(C)C)c1[N-]C(c1ccccc1)c1nc(-c2cccc3ccccc23)c(-c2ccccc2)n1C.C[N-]C.C[N-]C.C[N-]C.[Hf]. The minimum absolute atomic E-state index is 0. The van der Waals surface area contributed by atoms with Gasteiger partial charge in [0, 0.05) is 44.0 Å². The molecule has 5 aromatic carbocycles. The standard InChI is InChI=1S/C39H38N3.3C2H6N.Hf/c1-26(2)31-23-15-24-32(27(3)4)36(31)40-35(29-17-8-6-9-18-29)39-41-37(38(42(39)5)30-19-10-7-11-20-30)34-25-14-21-28-16-12-13-22-33(28)34;3*1-3-2;/h6-27,35H,1-5H3;3*1-2H3;/q4*-1;. The molecular formula is C45H56HfN6-4. The first-order valence-corrected chi connectivity index (χ1v) is 17.6. The summed E-state index contributed by atoms with van der Waals surface area (Å²) >= 11 is 0. The summed E-state index contributed by atoms with van der Waals surface area (Å²) < 4.78 is 2.26. The molecule has 0 aliphatic rings. The van der Waals surface area contributed by atoms with Crippen molar-refractivity contribution in [1.29, 1.82) is 0 Å². The van der Waals surface area contributed by atoms with Crippen LogP contribution >= 0.6 is 0 Å². The Morgan fingerprint density at radius 3 is 1.56 bits per heavy atom. The number of hydrogen-bond acceptors (Lipinski definition) is 1. The van der Waals surface area contributed by atoms with E-state index in [0.29, 0.717) is 11.8 Å².